The Labute approximate surface area is 598 Å². The van der Waals surface area contributed by atoms with Gasteiger partial charge >= 0.3 is 0 Å². The van der Waals surface area contributed by atoms with Gasteiger partial charge in [-0.2, -0.15) is 0 Å². The van der Waals surface area contributed by atoms with Gasteiger partial charge in [0.1, 0.15) is 0 Å². The van der Waals surface area contributed by atoms with Crippen molar-refractivity contribution in [1.82, 2.24) is 0 Å². The van der Waals surface area contributed by atoms with Crippen molar-refractivity contribution in [2.24, 2.45) is 0 Å². The van der Waals surface area contributed by atoms with Crippen molar-refractivity contribution in [3.63, 3.8) is 0 Å². The maximum atomic E-state index is 2.43. The Bertz CT molecular complexity index is 5800. The van der Waals surface area contributed by atoms with E-state index in [2.05, 4.69) is 425 Å². The second kappa shape index (κ2) is 28.3. The molecule has 17 aromatic rings. The molecule has 478 valence electrons. The van der Waals surface area contributed by atoms with Crippen molar-refractivity contribution in [1.29, 1.82) is 0 Å². The fourth-order valence-corrected chi connectivity index (χ4v) is 14.4. The Balaban J connectivity index is 0.849. The molecule has 17 aromatic carbocycles. The van der Waals surface area contributed by atoms with E-state index in [1.54, 1.807) is 0 Å². The Kier molecular flexibility index (Phi) is 17.3. The highest BCUT2D eigenvalue weighted by atomic mass is 14.2. The van der Waals surface area contributed by atoms with Crippen LogP contribution in [0.1, 0.15) is 0 Å². The van der Waals surface area contributed by atoms with Gasteiger partial charge in [0.2, 0.25) is 0 Å². The third kappa shape index (κ3) is 13.6. The van der Waals surface area contributed by atoms with E-state index in [1.165, 1.54) is 72.3 Å². The Morgan fingerprint density at radius 1 is 0.0588 bits per heavy atom. The molecule has 0 aliphatic carbocycles. The van der Waals surface area contributed by atoms with Crippen molar-refractivity contribution in [2.75, 3.05) is 0 Å². The molecule has 17 rings (SSSR count). The fraction of sp³-hybridized carbons (Fsp3) is 0. The summed E-state index contributed by atoms with van der Waals surface area (Å²) in [7, 11) is 0. The molecule has 0 fully saturated rings. The van der Waals surface area contributed by atoms with Gasteiger partial charge in [0.15, 0.2) is 0 Å². The zero-order chi connectivity index (χ0) is 68.0. The molecule has 0 spiro atoms. The summed E-state index contributed by atoms with van der Waals surface area (Å²) in [4.78, 5) is 0. The van der Waals surface area contributed by atoms with E-state index in [4.69, 9.17) is 0 Å². The van der Waals surface area contributed by atoms with Gasteiger partial charge in [0.05, 0.1) is 0 Å². The van der Waals surface area contributed by atoms with Crippen LogP contribution in [0.2, 0.25) is 0 Å². The Morgan fingerprint density at radius 3 is 0.314 bits per heavy atom. The molecular formula is C102H70. The lowest BCUT2D eigenvalue weighted by atomic mass is 9.87. The number of hydrogen-bond donors (Lipinski definition) is 0. The predicted octanol–water partition coefficient (Wildman–Crippen LogP) is 28.4. The summed E-state index contributed by atoms with van der Waals surface area (Å²) in [6.07, 6.45) is 0. The van der Waals surface area contributed by atoms with Crippen LogP contribution < -0.4 is 0 Å². The summed E-state index contributed by atoms with van der Waals surface area (Å²) in [6, 6.07) is 156. The molecule has 102 heavy (non-hydrogen) atoms. The Hall–Kier alpha value is -13.3. The van der Waals surface area contributed by atoms with Crippen LogP contribution in [0.4, 0.5) is 0 Å². The Morgan fingerprint density at radius 2 is 0.147 bits per heavy atom. The third-order valence-corrected chi connectivity index (χ3v) is 19.8. The molecule has 0 heterocycles. The van der Waals surface area contributed by atoms with Crippen LogP contribution in [-0.2, 0) is 0 Å². The van der Waals surface area contributed by atoms with Crippen molar-refractivity contribution in [3.05, 3.63) is 425 Å². The van der Waals surface area contributed by atoms with Crippen LogP contribution in [0.15, 0.2) is 425 Å². The highest BCUT2D eigenvalue weighted by Crippen LogP contribution is 2.43. The minimum Gasteiger partial charge on any atom is -0.0622 e. The zero-order valence-corrected chi connectivity index (χ0v) is 56.4. The van der Waals surface area contributed by atoms with E-state index in [9.17, 15) is 0 Å². The van der Waals surface area contributed by atoms with Crippen LogP contribution in [0.25, 0.3) is 178 Å². The second-order valence-electron chi connectivity index (χ2n) is 26.4. The lowest BCUT2D eigenvalue weighted by Gasteiger charge is -2.17. The van der Waals surface area contributed by atoms with Gasteiger partial charge in [0, 0.05) is 0 Å². The highest BCUT2D eigenvalue weighted by molar-refractivity contribution is 5.92. The molecule has 0 atom stereocenters. The average molecular weight is 1300 g/mol. The molecular weight excluding hydrogens is 1230 g/mol. The molecule has 0 radical (unpaired) electrons. The van der Waals surface area contributed by atoms with Gasteiger partial charge < -0.3 is 0 Å². The summed E-state index contributed by atoms with van der Waals surface area (Å²) in [5.74, 6) is 0. The average Bonchev–Trinajstić information content (AvgIpc) is 0.775. The molecule has 0 unspecified atom stereocenters. The summed E-state index contributed by atoms with van der Waals surface area (Å²) in [6.45, 7) is 0. The maximum Gasteiger partial charge on any atom is -0.0171 e. The largest absolute Gasteiger partial charge is 0.0622 e. The molecule has 0 saturated heterocycles. The van der Waals surface area contributed by atoms with Crippen LogP contribution in [-0.4, -0.2) is 0 Å². The predicted molar refractivity (Wildman–Crippen MR) is 433 cm³/mol. The second-order valence-corrected chi connectivity index (χ2v) is 26.4. The SMILES string of the molecule is c1ccc(-c2ccc(-c3cccc(-c4cc(-c5cccc(-c6ccccc6)c5)cc(-c5cc(-c6cccc(-c7ccc(-c8ccccc8)cc7)c6)cc(-c6cc(-c7cccc(-c8ccc(-c9ccccc9)cc8)c7)cc(-c7cccc(-c8cccc(-c9ccccc9)c8)c7)c6)c5)c4)c3)cc2)cc1. The van der Waals surface area contributed by atoms with Gasteiger partial charge in [-0.25, -0.2) is 0 Å². The standard InChI is InChI=1S/C102H70/c1-6-22-71(23-7-1)76-44-50-79(51-45-76)84-34-18-40-90(58-84)95-62-94(89-39-17-33-83(57-89)75-30-14-5-15-31-75)64-99(65-95)101-68-98(92-42-20-36-86(60-92)81-54-48-78(49-55-81)73-26-10-3-11-27-73)69-102(70-101)100-66-96(91-41-19-35-85(59-91)80-52-46-77(47-53-80)72-24-8-2-9-25-72)63-97(67-100)93-43-21-38-88(61-93)87-37-16-32-82(56-87)74-28-12-4-13-29-74/h1-70H. The topological polar surface area (TPSA) is 0 Å². The molecule has 0 aromatic heterocycles. The summed E-state index contributed by atoms with van der Waals surface area (Å²) in [5.41, 5.74) is 37.1. The van der Waals surface area contributed by atoms with E-state index in [0.717, 1.165) is 106 Å². The van der Waals surface area contributed by atoms with Gasteiger partial charge in [-0.1, -0.05) is 334 Å². The van der Waals surface area contributed by atoms with Crippen LogP contribution >= 0.6 is 0 Å². The molecule has 0 saturated carbocycles. The molecule has 0 nitrogen and oxygen atoms in total. The molecule has 0 heteroatoms. The van der Waals surface area contributed by atoms with Crippen molar-refractivity contribution in [2.45, 2.75) is 0 Å². The van der Waals surface area contributed by atoms with Gasteiger partial charge in [-0.3, -0.25) is 0 Å². The molecule has 0 aliphatic heterocycles. The van der Waals surface area contributed by atoms with E-state index in [1.807, 2.05) is 0 Å². The quantitative estimate of drug-likeness (QED) is 0.0904. The lowest BCUT2D eigenvalue weighted by molar-refractivity contribution is 1.53. The van der Waals surface area contributed by atoms with Gasteiger partial charge in [-0.15, -0.1) is 0 Å². The molecule has 0 aliphatic rings. The normalized spacial score (nSPS) is 11.1. The zero-order valence-electron chi connectivity index (χ0n) is 56.4. The van der Waals surface area contributed by atoms with Gasteiger partial charge in [-0.05, 0) is 269 Å². The summed E-state index contributed by atoms with van der Waals surface area (Å²) < 4.78 is 0. The van der Waals surface area contributed by atoms with Crippen molar-refractivity contribution in [3.8, 4) is 178 Å². The summed E-state index contributed by atoms with van der Waals surface area (Å²) in [5, 5.41) is 0. The first-order valence-electron chi connectivity index (χ1n) is 35.1. The number of hydrogen-bond acceptors (Lipinski definition) is 0. The van der Waals surface area contributed by atoms with E-state index < -0.39 is 0 Å². The van der Waals surface area contributed by atoms with E-state index in [0.29, 0.717) is 0 Å². The summed E-state index contributed by atoms with van der Waals surface area (Å²) >= 11 is 0. The van der Waals surface area contributed by atoms with Crippen molar-refractivity contribution < 1.29 is 0 Å². The molecule has 0 amide bonds. The van der Waals surface area contributed by atoms with E-state index >= 15 is 0 Å². The number of rotatable bonds is 16. The minimum absolute atomic E-state index is 1.11. The van der Waals surface area contributed by atoms with E-state index in [-0.39, 0.29) is 0 Å². The lowest BCUT2D eigenvalue weighted by Crippen LogP contribution is -1.91. The fourth-order valence-electron chi connectivity index (χ4n) is 14.4. The molecule has 0 bridgehead atoms. The molecule has 0 N–H and O–H groups in total. The minimum atomic E-state index is 1.11. The third-order valence-electron chi connectivity index (χ3n) is 19.8. The monoisotopic (exact) mass is 1290 g/mol. The first kappa shape index (κ1) is 62.3. The van der Waals surface area contributed by atoms with Crippen LogP contribution in [0.5, 0.6) is 0 Å². The first-order valence-corrected chi connectivity index (χ1v) is 35.1. The van der Waals surface area contributed by atoms with Crippen molar-refractivity contribution >= 4 is 0 Å². The van der Waals surface area contributed by atoms with Gasteiger partial charge in [0.25, 0.3) is 0 Å². The highest BCUT2D eigenvalue weighted by Gasteiger charge is 2.18. The smallest absolute Gasteiger partial charge is 0.0171 e. The first-order chi connectivity index (χ1) is 50.5. The van der Waals surface area contributed by atoms with Crippen LogP contribution in [0, 0.1) is 0 Å². The maximum absolute atomic E-state index is 2.43. The number of benzene rings is 17. The van der Waals surface area contributed by atoms with Crippen LogP contribution in [0.3, 0.4) is 0 Å².